The van der Waals surface area contributed by atoms with E-state index in [1.165, 1.54) is 0 Å². The van der Waals surface area contributed by atoms with Crippen LogP contribution in [-0.4, -0.2) is 46.7 Å². The van der Waals surface area contributed by atoms with E-state index in [1.54, 1.807) is 0 Å². The van der Waals surface area contributed by atoms with Crippen molar-refractivity contribution < 1.29 is 19.8 Å². The van der Waals surface area contributed by atoms with Crippen molar-refractivity contribution in [1.29, 1.82) is 0 Å². The van der Waals surface area contributed by atoms with Gasteiger partial charge in [-0.05, 0) is 38.8 Å². The van der Waals surface area contributed by atoms with Crippen LogP contribution in [0.3, 0.4) is 0 Å². The molecule has 5 nitrogen and oxygen atoms in total. The molecule has 2 unspecified atom stereocenters. The molecule has 0 aromatic carbocycles. The Balaban J connectivity index is 2.37. The first kappa shape index (κ1) is 15.7. The van der Waals surface area contributed by atoms with Crippen LogP contribution in [0.5, 0.6) is 0 Å². The summed E-state index contributed by atoms with van der Waals surface area (Å²) >= 11 is 0. The van der Waals surface area contributed by atoms with E-state index in [9.17, 15) is 9.59 Å². The summed E-state index contributed by atoms with van der Waals surface area (Å²) in [4.78, 5) is 24.2. The second-order valence-corrected chi connectivity index (χ2v) is 5.12. The maximum Gasteiger partial charge on any atom is 0.308 e. The molecule has 0 saturated carbocycles. The molecule has 1 saturated heterocycles. The molecule has 19 heavy (non-hydrogen) atoms. The number of nitrogens with zero attached hydrogens (tertiary/aromatic N) is 1. The van der Waals surface area contributed by atoms with Gasteiger partial charge in [0, 0.05) is 6.54 Å². The zero-order chi connectivity index (χ0) is 14.3. The molecule has 0 aromatic heterocycles. The highest BCUT2D eigenvalue weighted by atomic mass is 16.4. The molecule has 0 bridgehead atoms. The Labute approximate surface area is 113 Å². The number of piperidine rings is 1. The summed E-state index contributed by atoms with van der Waals surface area (Å²) in [5.41, 5.74) is 0. The number of carboxylic acids is 2. The SMILES string of the molecule is C=CCCCCCN1CCC(C(=O)O)C(C(=O)O)C1. The van der Waals surface area contributed by atoms with E-state index >= 15 is 0 Å². The quantitative estimate of drug-likeness (QED) is 0.519. The standard InChI is InChI=1S/C14H23NO4/c1-2-3-4-5-6-8-15-9-7-11(13(16)17)12(10-15)14(18)19/h2,11-12H,1,3-10H2,(H,16,17)(H,18,19). The predicted molar refractivity (Wildman–Crippen MR) is 72.0 cm³/mol. The van der Waals surface area contributed by atoms with E-state index in [4.69, 9.17) is 10.2 Å². The highest BCUT2D eigenvalue weighted by Crippen LogP contribution is 2.24. The third-order valence-corrected chi connectivity index (χ3v) is 3.71. The molecule has 0 aliphatic carbocycles. The van der Waals surface area contributed by atoms with Gasteiger partial charge in [-0.1, -0.05) is 12.5 Å². The van der Waals surface area contributed by atoms with Crippen LogP contribution < -0.4 is 0 Å². The largest absolute Gasteiger partial charge is 0.481 e. The van der Waals surface area contributed by atoms with Crippen molar-refractivity contribution in [2.45, 2.75) is 32.1 Å². The van der Waals surface area contributed by atoms with E-state index in [-0.39, 0.29) is 0 Å². The van der Waals surface area contributed by atoms with Gasteiger partial charge in [0.25, 0.3) is 0 Å². The highest BCUT2D eigenvalue weighted by molar-refractivity contribution is 5.80. The molecule has 5 heteroatoms. The number of hydrogen-bond acceptors (Lipinski definition) is 3. The van der Waals surface area contributed by atoms with Crippen LogP contribution in [-0.2, 0) is 9.59 Å². The normalized spacial score (nSPS) is 24.0. The van der Waals surface area contributed by atoms with Gasteiger partial charge in [0.1, 0.15) is 0 Å². The van der Waals surface area contributed by atoms with Crippen molar-refractivity contribution >= 4 is 11.9 Å². The Bertz CT molecular complexity index is 329. The Morgan fingerprint density at radius 3 is 2.42 bits per heavy atom. The van der Waals surface area contributed by atoms with Gasteiger partial charge < -0.3 is 15.1 Å². The summed E-state index contributed by atoms with van der Waals surface area (Å²) in [6.07, 6.45) is 6.58. The van der Waals surface area contributed by atoms with E-state index in [0.29, 0.717) is 19.5 Å². The van der Waals surface area contributed by atoms with Crippen LogP contribution >= 0.6 is 0 Å². The van der Waals surface area contributed by atoms with E-state index in [0.717, 1.165) is 32.2 Å². The van der Waals surface area contributed by atoms with Crippen molar-refractivity contribution in [2.24, 2.45) is 11.8 Å². The fourth-order valence-electron chi connectivity index (χ4n) is 2.57. The van der Waals surface area contributed by atoms with Crippen LogP contribution in [0.25, 0.3) is 0 Å². The number of carbonyl (C=O) groups is 2. The molecule has 108 valence electrons. The molecule has 0 aromatic rings. The minimum atomic E-state index is -0.997. The molecule has 1 rings (SSSR count). The van der Waals surface area contributed by atoms with Gasteiger partial charge in [-0.2, -0.15) is 0 Å². The van der Waals surface area contributed by atoms with Crippen LogP contribution in [0.4, 0.5) is 0 Å². The lowest BCUT2D eigenvalue weighted by Crippen LogP contribution is -2.46. The molecule has 1 heterocycles. The molecule has 1 fully saturated rings. The van der Waals surface area contributed by atoms with Gasteiger partial charge in [0.15, 0.2) is 0 Å². The highest BCUT2D eigenvalue weighted by Gasteiger charge is 2.38. The molecule has 1 aliphatic rings. The minimum absolute atomic E-state index is 0.355. The number of allylic oxidation sites excluding steroid dienone is 1. The molecule has 2 atom stereocenters. The summed E-state index contributed by atoms with van der Waals surface area (Å²) < 4.78 is 0. The Morgan fingerprint density at radius 1 is 1.16 bits per heavy atom. The molecule has 2 N–H and O–H groups in total. The van der Waals surface area contributed by atoms with Gasteiger partial charge in [0.2, 0.25) is 0 Å². The second kappa shape index (κ2) is 7.94. The molecule has 0 radical (unpaired) electrons. The maximum absolute atomic E-state index is 11.1. The second-order valence-electron chi connectivity index (χ2n) is 5.12. The molecule has 0 amide bonds. The van der Waals surface area contributed by atoms with E-state index in [1.807, 2.05) is 6.08 Å². The lowest BCUT2D eigenvalue weighted by Gasteiger charge is -2.34. The first-order chi connectivity index (χ1) is 9.06. The lowest BCUT2D eigenvalue weighted by atomic mass is 9.85. The summed E-state index contributed by atoms with van der Waals surface area (Å²) in [5.74, 6) is -3.50. The van der Waals surface area contributed by atoms with Crippen LogP contribution in [0.1, 0.15) is 32.1 Å². The van der Waals surface area contributed by atoms with Crippen LogP contribution in [0.2, 0.25) is 0 Å². The third kappa shape index (κ3) is 5.03. The van der Waals surface area contributed by atoms with Crippen molar-refractivity contribution in [3.63, 3.8) is 0 Å². The zero-order valence-electron chi connectivity index (χ0n) is 11.3. The number of unbranched alkanes of at least 4 members (excludes halogenated alkanes) is 3. The van der Waals surface area contributed by atoms with Crippen molar-refractivity contribution in [2.75, 3.05) is 19.6 Å². The predicted octanol–water partition coefficient (Wildman–Crippen LogP) is 1.84. The molecular weight excluding hydrogens is 246 g/mol. The molecular formula is C14H23NO4. The maximum atomic E-state index is 11.1. The number of hydrogen-bond donors (Lipinski definition) is 2. The fourth-order valence-corrected chi connectivity index (χ4v) is 2.57. The van der Waals surface area contributed by atoms with Gasteiger partial charge in [-0.3, -0.25) is 9.59 Å². The fraction of sp³-hybridized carbons (Fsp3) is 0.714. The van der Waals surface area contributed by atoms with Crippen molar-refractivity contribution in [1.82, 2.24) is 4.90 Å². The minimum Gasteiger partial charge on any atom is -0.481 e. The summed E-state index contributed by atoms with van der Waals surface area (Å²) in [7, 11) is 0. The lowest BCUT2D eigenvalue weighted by molar-refractivity contribution is -0.157. The molecule has 0 spiro atoms. The third-order valence-electron chi connectivity index (χ3n) is 3.71. The zero-order valence-corrected chi connectivity index (χ0v) is 11.3. The van der Waals surface area contributed by atoms with E-state index in [2.05, 4.69) is 11.5 Å². The van der Waals surface area contributed by atoms with Crippen LogP contribution in [0.15, 0.2) is 12.7 Å². The van der Waals surface area contributed by atoms with Gasteiger partial charge in [-0.25, -0.2) is 0 Å². The number of likely N-dealkylation sites (tertiary alicyclic amines) is 1. The first-order valence-corrected chi connectivity index (χ1v) is 6.85. The van der Waals surface area contributed by atoms with Crippen LogP contribution in [0, 0.1) is 11.8 Å². The monoisotopic (exact) mass is 269 g/mol. The Kier molecular flexibility index (Phi) is 6.56. The first-order valence-electron chi connectivity index (χ1n) is 6.85. The average Bonchev–Trinajstić information content (AvgIpc) is 2.38. The van der Waals surface area contributed by atoms with Gasteiger partial charge in [0.05, 0.1) is 11.8 Å². The number of aliphatic carboxylic acids is 2. The van der Waals surface area contributed by atoms with E-state index < -0.39 is 23.8 Å². The van der Waals surface area contributed by atoms with Gasteiger partial charge in [-0.15, -0.1) is 6.58 Å². The average molecular weight is 269 g/mol. The molecule has 1 aliphatic heterocycles. The topological polar surface area (TPSA) is 77.8 Å². The number of carboxylic acid groups (broad SMARTS) is 2. The summed E-state index contributed by atoms with van der Waals surface area (Å²) in [5, 5.41) is 18.1. The number of rotatable bonds is 8. The Morgan fingerprint density at radius 2 is 1.84 bits per heavy atom. The smallest absolute Gasteiger partial charge is 0.308 e. The summed E-state index contributed by atoms with van der Waals surface area (Å²) in [6.45, 7) is 5.56. The van der Waals surface area contributed by atoms with Crippen molar-refractivity contribution in [3.05, 3.63) is 12.7 Å². The van der Waals surface area contributed by atoms with Gasteiger partial charge >= 0.3 is 11.9 Å². The van der Waals surface area contributed by atoms with Crippen molar-refractivity contribution in [3.8, 4) is 0 Å². The summed E-state index contributed by atoms with van der Waals surface area (Å²) in [6, 6.07) is 0. The Hall–Kier alpha value is -1.36.